The Bertz CT molecular complexity index is 576. The summed E-state index contributed by atoms with van der Waals surface area (Å²) in [5.74, 6) is 1.01. The molecular weight excluding hydrogens is 256 g/mol. The number of anilines is 1. The molecule has 98 valence electrons. The molecule has 0 radical (unpaired) electrons. The quantitative estimate of drug-likeness (QED) is 0.781. The Hall–Kier alpha value is -1.68. The molecule has 2 aromatic rings. The van der Waals surface area contributed by atoms with E-state index in [9.17, 15) is 4.79 Å². The van der Waals surface area contributed by atoms with Crippen molar-refractivity contribution < 1.29 is 4.79 Å². The highest BCUT2D eigenvalue weighted by molar-refractivity contribution is 7.09. The summed E-state index contributed by atoms with van der Waals surface area (Å²) in [6.07, 6.45) is 4.17. The predicted octanol–water partition coefficient (Wildman–Crippen LogP) is 3.51. The first kappa shape index (κ1) is 12.4. The first-order chi connectivity index (χ1) is 9.24. The van der Waals surface area contributed by atoms with Crippen LogP contribution in [0.3, 0.4) is 0 Å². The zero-order chi connectivity index (χ0) is 13.2. The highest BCUT2D eigenvalue weighted by Crippen LogP contribution is 2.33. The van der Waals surface area contributed by atoms with Gasteiger partial charge in [-0.25, -0.2) is 4.98 Å². The summed E-state index contributed by atoms with van der Waals surface area (Å²) in [5, 5.41) is 2.10. The fourth-order valence-electron chi connectivity index (χ4n) is 2.15. The molecule has 0 spiro atoms. The Morgan fingerprint density at radius 3 is 2.95 bits per heavy atom. The van der Waals surface area contributed by atoms with Crippen molar-refractivity contribution in [1.82, 2.24) is 4.98 Å². The third-order valence-corrected chi connectivity index (χ3v) is 4.20. The molecule has 3 nitrogen and oxygen atoms in total. The zero-order valence-electron chi connectivity index (χ0n) is 10.9. The molecule has 0 amide bonds. The van der Waals surface area contributed by atoms with Gasteiger partial charge >= 0.3 is 0 Å². The van der Waals surface area contributed by atoms with Gasteiger partial charge in [-0.1, -0.05) is 6.07 Å². The number of hydrogen-bond donors (Lipinski definition) is 0. The maximum atomic E-state index is 11.5. The van der Waals surface area contributed by atoms with E-state index in [2.05, 4.69) is 27.4 Å². The molecule has 0 aliphatic heterocycles. The van der Waals surface area contributed by atoms with Gasteiger partial charge in [0.25, 0.3) is 0 Å². The van der Waals surface area contributed by atoms with Gasteiger partial charge < -0.3 is 4.90 Å². The SMILES string of the molecule is CC(=O)c1ccnc(N(Cc2cccs2)C2CC2)c1. The Labute approximate surface area is 116 Å². The minimum atomic E-state index is 0.0931. The summed E-state index contributed by atoms with van der Waals surface area (Å²) in [6, 6.07) is 8.49. The molecule has 1 aliphatic carbocycles. The number of carbonyl (C=O) groups excluding carboxylic acids is 1. The topological polar surface area (TPSA) is 33.2 Å². The third-order valence-electron chi connectivity index (χ3n) is 3.34. The van der Waals surface area contributed by atoms with Crippen LogP contribution in [0.1, 0.15) is 35.0 Å². The molecule has 1 fully saturated rings. The fraction of sp³-hybridized carbons (Fsp3) is 0.333. The maximum absolute atomic E-state index is 11.5. The summed E-state index contributed by atoms with van der Waals surface area (Å²) >= 11 is 1.77. The Kier molecular flexibility index (Phi) is 3.34. The molecule has 0 saturated heterocycles. The zero-order valence-corrected chi connectivity index (χ0v) is 11.7. The smallest absolute Gasteiger partial charge is 0.159 e. The monoisotopic (exact) mass is 272 g/mol. The number of carbonyl (C=O) groups is 1. The largest absolute Gasteiger partial charge is 0.348 e. The minimum Gasteiger partial charge on any atom is -0.348 e. The van der Waals surface area contributed by atoms with Gasteiger partial charge in [-0.2, -0.15) is 0 Å². The van der Waals surface area contributed by atoms with E-state index >= 15 is 0 Å². The van der Waals surface area contributed by atoms with Crippen molar-refractivity contribution in [1.29, 1.82) is 0 Å². The summed E-state index contributed by atoms with van der Waals surface area (Å²) in [6.45, 7) is 2.48. The number of thiophene rings is 1. The van der Waals surface area contributed by atoms with E-state index in [1.54, 1.807) is 30.5 Å². The van der Waals surface area contributed by atoms with Crippen LogP contribution in [0.25, 0.3) is 0 Å². The summed E-state index contributed by atoms with van der Waals surface area (Å²) in [5.41, 5.74) is 0.738. The highest BCUT2D eigenvalue weighted by atomic mass is 32.1. The maximum Gasteiger partial charge on any atom is 0.159 e. The second kappa shape index (κ2) is 5.13. The minimum absolute atomic E-state index is 0.0931. The van der Waals surface area contributed by atoms with Crippen LogP contribution < -0.4 is 4.90 Å². The van der Waals surface area contributed by atoms with Crippen molar-refractivity contribution in [2.24, 2.45) is 0 Å². The molecule has 1 saturated carbocycles. The van der Waals surface area contributed by atoms with Crippen molar-refractivity contribution >= 4 is 22.9 Å². The van der Waals surface area contributed by atoms with Crippen LogP contribution in [0.5, 0.6) is 0 Å². The van der Waals surface area contributed by atoms with E-state index in [1.165, 1.54) is 17.7 Å². The molecule has 0 N–H and O–H groups in total. The molecular formula is C15H16N2OS. The van der Waals surface area contributed by atoms with Gasteiger partial charge in [0.05, 0.1) is 6.54 Å². The number of hydrogen-bond acceptors (Lipinski definition) is 4. The van der Waals surface area contributed by atoms with Crippen LogP contribution in [0.4, 0.5) is 5.82 Å². The van der Waals surface area contributed by atoms with Crippen molar-refractivity contribution in [3.05, 3.63) is 46.3 Å². The van der Waals surface area contributed by atoms with Gasteiger partial charge in [0.2, 0.25) is 0 Å². The molecule has 0 atom stereocenters. The van der Waals surface area contributed by atoms with Gasteiger partial charge in [0.15, 0.2) is 5.78 Å². The van der Waals surface area contributed by atoms with E-state index in [1.807, 2.05) is 6.07 Å². The normalized spacial score (nSPS) is 14.4. The lowest BCUT2D eigenvalue weighted by atomic mass is 10.2. The number of pyridine rings is 1. The lowest BCUT2D eigenvalue weighted by molar-refractivity contribution is 0.101. The molecule has 0 unspecified atom stereocenters. The lowest BCUT2D eigenvalue weighted by Crippen LogP contribution is -2.25. The molecule has 2 heterocycles. The van der Waals surface area contributed by atoms with Crippen LogP contribution in [0, 0.1) is 0 Å². The molecule has 3 rings (SSSR count). The van der Waals surface area contributed by atoms with Crippen LogP contribution in [0.15, 0.2) is 35.8 Å². The van der Waals surface area contributed by atoms with E-state index < -0.39 is 0 Å². The Balaban J connectivity index is 1.87. The van der Waals surface area contributed by atoms with Crippen LogP contribution in [0.2, 0.25) is 0 Å². The second-order valence-electron chi connectivity index (χ2n) is 4.90. The van der Waals surface area contributed by atoms with Crippen molar-refractivity contribution in [3.8, 4) is 0 Å². The second-order valence-corrected chi connectivity index (χ2v) is 5.93. The van der Waals surface area contributed by atoms with Crippen molar-refractivity contribution in [2.45, 2.75) is 32.4 Å². The average molecular weight is 272 g/mol. The summed E-state index contributed by atoms with van der Waals surface area (Å²) in [4.78, 5) is 19.6. The van der Waals surface area contributed by atoms with Gasteiger partial charge in [0, 0.05) is 22.7 Å². The van der Waals surface area contributed by atoms with Crippen molar-refractivity contribution in [3.63, 3.8) is 0 Å². The Morgan fingerprint density at radius 1 is 1.47 bits per heavy atom. The fourth-order valence-corrected chi connectivity index (χ4v) is 2.85. The van der Waals surface area contributed by atoms with Gasteiger partial charge in [-0.15, -0.1) is 11.3 Å². The van der Waals surface area contributed by atoms with E-state index in [4.69, 9.17) is 0 Å². The van der Waals surface area contributed by atoms with Crippen LogP contribution in [-0.2, 0) is 6.54 Å². The average Bonchev–Trinajstić information content (AvgIpc) is 3.13. The summed E-state index contributed by atoms with van der Waals surface area (Å²) < 4.78 is 0. The summed E-state index contributed by atoms with van der Waals surface area (Å²) in [7, 11) is 0. The van der Waals surface area contributed by atoms with Crippen LogP contribution >= 0.6 is 11.3 Å². The number of rotatable bonds is 5. The van der Waals surface area contributed by atoms with Gasteiger partial charge in [-0.3, -0.25) is 4.79 Å². The van der Waals surface area contributed by atoms with E-state index in [0.29, 0.717) is 6.04 Å². The standard InChI is InChI=1S/C15H16N2OS/c1-11(18)12-6-7-16-15(9-12)17(13-4-5-13)10-14-3-2-8-19-14/h2-3,6-9,13H,4-5,10H2,1H3. The number of nitrogens with zero attached hydrogens (tertiary/aromatic N) is 2. The third kappa shape index (κ3) is 2.84. The molecule has 4 heteroatoms. The predicted molar refractivity (Wildman–Crippen MR) is 77.8 cm³/mol. The Morgan fingerprint density at radius 2 is 2.32 bits per heavy atom. The molecule has 2 aromatic heterocycles. The number of Topliss-reactive ketones (excluding diaryl/α,β-unsaturated/α-hetero) is 1. The van der Waals surface area contributed by atoms with Crippen molar-refractivity contribution in [2.75, 3.05) is 4.90 Å². The highest BCUT2D eigenvalue weighted by Gasteiger charge is 2.30. The number of ketones is 1. The van der Waals surface area contributed by atoms with E-state index in [-0.39, 0.29) is 5.78 Å². The van der Waals surface area contributed by atoms with Crippen LogP contribution in [-0.4, -0.2) is 16.8 Å². The van der Waals surface area contributed by atoms with E-state index in [0.717, 1.165) is 17.9 Å². The molecule has 0 bridgehead atoms. The lowest BCUT2D eigenvalue weighted by Gasteiger charge is -2.23. The van der Waals surface area contributed by atoms with Gasteiger partial charge in [0.1, 0.15) is 5.82 Å². The molecule has 19 heavy (non-hydrogen) atoms. The van der Waals surface area contributed by atoms with Gasteiger partial charge in [-0.05, 0) is 43.3 Å². The number of aromatic nitrogens is 1. The molecule has 0 aromatic carbocycles. The molecule has 1 aliphatic rings. The first-order valence-electron chi connectivity index (χ1n) is 6.50. The first-order valence-corrected chi connectivity index (χ1v) is 7.38.